The molecule has 0 aliphatic carbocycles. The quantitative estimate of drug-likeness (QED) is 0.899. The summed E-state index contributed by atoms with van der Waals surface area (Å²) in [5.41, 5.74) is 4.66. The van der Waals surface area contributed by atoms with Crippen molar-refractivity contribution in [2.45, 2.75) is 26.4 Å². The molecule has 1 atom stereocenters. The molecule has 19 heavy (non-hydrogen) atoms. The third-order valence-corrected chi connectivity index (χ3v) is 3.17. The molecule has 1 N–H and O–H groups in total. The van der Waals surface area contributed by atoms with Gasteiger partial charge < -0.3 is 0 Å². The van der Waals surface area contributed by atoms with E-state index in [2.05, 4.69) is 42.6 Å². The highest BCUT2D eigenvalue weighted by molar-refractivity contribution is 5.28. The minimum Gasteiger partial charge on any atom is -0.294 e. The van der Waals surface area contributed by atoms with Crippen molar-refractivity contribution in [2.75, 3.05) is 0 Å². The van der Waals surface area contributed by atoms with Crippen LogP contribution in [0.15, 0.2) is 48.5 Å². The molecule has 2 rings (SSSR count). The van der Waals surface area contributed by atoms with Crippen LogP contribution in [0.2, 0.25) is 0 Å². The first kappa shape index (κ1) is 13.3. The van der Waals surface area contributed by atoms with Crippen molar-refractivity contribution < 1.29 is 0 Å². The molecule has 0 saturated heterocycles. The summed E-state index contributed by atoms with van der Waals surface area (Å²) in [5, 5.41) is 12.5. The summed E-state index contributed by atoms with van der Waals surface area (Å²) in [6.45, 7) is 4.82. The summed E-state index contributed by atoms with van der Waals surface area (Å²) in [4.78, 5) is 0. The minimum atomic E-state index is -0.262. The molecule has 0 fully saturated rings. The zero-order valence-electron chi connectivity index (χ0n) is 11.4. The summed E-state index contributed by atoms with van der Waals surface area (Å²) in [7, 11) is 0. The van der Waals surface area contributed by atoms with Gasteiger partial charge in [-0.15, -0.1) is 0 Å². The van der Waals surface area contributed by atoms with Gasteiger partial charge >= 0.3 is 0 Å². The second-order valence-electron chi connectivity index (χ2n) is 4.84. The lowest BCUT2D eigenvalue weighted by Gasteiger charge is -2.12. The fourth-order valence-corrected chi connectivity index (χ4v) is 1.92. The standard InChI is InChI=1S/C17H18N2/c1-13-3-7-15(8-4-13)12-19-17(11-18)16-9-5-14(2)6-10-16/h3-10,17,19H,12H2,1-2H3. The van der Waals surface area contributed by atoms with Gasteiger partial charge in [0.1, 0.15) is 6.04 Å². The second kappa shape index (κ2) is 6.17. The van der Waals surface area contributed by atoms with Gasteiger partial charge in [-0.2, -0.15) is 5.26 Å². The lowest BCUT2D eigenvalue weighted by Crippen LogP contribution is -2.19. The highest BCUT2D eigenvalue weighted by atomic mass is 14.9. The number of nitriles is 1. The lowest BCUT2D eigenvalue weighted by molar-refractivity contribution is 0.630. The molecular formula is C17H18N2. The monoisotopic (exact) mass is 250 g/mol. The molecule has 0 amide bonds. The van der Waals surface area contributed by atoms with Crippen molar-refractivity contribution in [3.63, 3.8) is 0 Å². The summed E-state index contributed by atoms with van der Waals surface area (Å²) < 4.78 is 0. The smallest absolute Gasteiger partial charge is 0.121 e. The molecule has 0 heterocycles. The van der Waals surface area contributed by atoms with Crippen molar-refractivity contribution in [2.24, 2.45) is 0 Å². The maximum atomic E-state index is 9.26. The Hall–Kier alpha value is -2.11. The van der Waals surface area contributed by atoms with E-state index in [0.29, 0.717) is 6.54 Å². The Bertz CT molecular complexity index is 562. The van der Waals surface area contributed by atoms with Crippen LogP contribution in [0.1, 0.15) is 28.3 Å². The molecule has 0 aliphatic rings. The SMILES string of the molecule is Cc1ccc(CNC(C#N)c2ccc(C)cc2)cc1. The molecule has 0 aliphatic heterocycles. The zero-order chi connectivity index (χ0) is 13.7. The van der Waals surface area contributed by atoms with E-state index in [9.17, 15) is 5.26 Å². The first-order chi connectivity index (χ1) is 9.19. The molecule has 0 saturated carbocycles. The Morgan fingerprint density at radius 2 is 1.47 bits per heavy atom. The Balaban J connectivity index is 2.02. The number of nitrogens with one attached hydrogen (secondary N) is 1. The highest BCUT2D eigenvalue weighted by Gasteiger charge is 2.09. The van der Waals surface area contributed by atoms with E-state index in [1.807, 2.05) is 31.2 Å². The number of rotatable bonds is 4. The number of aryl methyl sites for hydroxylation is 2. The van der Waals surface area contributed by atoms with E-state index < -0.39 is 0 Å². The Morgan fingerprint density at radius 3 is 2.00 bits per heavy atom. The van der Waals surface area contributed by atoms with Crippen LogP contribution in [0.25, 0.3) is 0 Å². The molecule has 1 unspecified atom stereocenters. The van der Waals surface area contributed by atoms with Crippen LogP contribution < -0.4 is 5.32 Å². The van der Waals surface area contributed by atoms with Gasteiger partial charge in [0.25, 0.3) is 0 Å². The predicted molar refractivity (Wildman–Crippen MR) is 77.6 cm³/mol. The summed E-state index contributed by atoms with van der Waals surface area (Å²) >= 11 is 0. The molecule has 2 aromatic carbocycles. The van der Waals surface area contributed by atoms with E-state index in [1.165, 1.54) is 16.7 Å². The van der Waals surface area contributed by atoms with Crippen molar-refractivity contribution >= 4 is 0 Å². The van der Waals surface area contributed by atoms with Crippen molar-refractivity contribution in [1.82, 2.24) is 5.32 Å². The average molecular weight is 250 g/mol. The van der Waals surface area contributed by atoms with Gasteiger partial charge in [-0.05, 0) is 25.0 Å². The third kappa shape index (κ3) is 3.67. The van der Waals surface area contributed by atoms with Gasteiger partial charge in [0.2, 0.25) is 0 Å². The molecule has 0 bridgehead atoms. The molecule has 0 spiro atoms. The molecule has 0 aromatic heterocycles. The van der Waals surface area contributed by atoms with E-state index >= 15 is 0 Å². The zero-order valence-corrected chi connectivity index (χ0v) is 11.4. The topological polar surface area (TPSA) is 35.8 Å². The van der Waals surface area contributed by atoms with Crippen LogP contribution in [-0.4, -0.2) is 0 Å². The molecular weight excluding hydrogens is 232 g/mol. The second-order valence-corrected chi connectivity index (χ2v) is 4.84. The Morgan fingerprint density at radius 1 is 0.947 bits per heavy atom. The molecule has 2 aromatic rings. The van der Waals surface area contributed by atoms with Gasteiger partial charge in [0.05, 0.1) is 6.07 Å². The van der Waals surface area contributed by atoms with Gasteiger partial charge in [-0.3, -0.25) is 5.32 Å². The van der Waals surface area contributed by atoms with Gasteiger partial charge in [-0.1, -0.05) is 59.7 Å². The maximum absolute atomic E-state index is 9.26. The highest BCUT2D eigenvalue weighted by Crippen LogP contribution is 2.14. The number of hydrogen-bond donors (Lipinski definition) is 1. The fourth-order valence-electron chi connectivity index (χ4n) is 1.92. The van der Waals surface area contributed by atoms with Crippen LogP contribution in [0, 0.1) is 25.2 Å². The van der Waals surface area contributed by atoms with Crippen molar-refractivity contribution in [3.8, 4) is 6.07 Å². The molecule has 2 nitrogen and oxygen atoms in total. The van der Waals surface area contributed by atoms with Gasteiger partial charge in [0.15, 0.2) is 0 Å². The van der Waals surface area contributed by atoms with Crippen molar-refractivity contribution in [1.29, 1.82) is 5.26 Å². The third-order valence-electron chi connectivity index (χ3n) is 3.17. The summed E-state index contributed by atoms with van der Waals surface area (Å²) in [6.07, 6.45) is 0. The van der Waals surface area contributed by atoms with E-state index in [4.69, 9.17) is 0 Å². The van der Waals surface area contributed by atoms with Crippen molar-refractivity contribution in [3.05, 3.63) is 70.8 Å². The first-order valence-electron chi connectivity index (χ1n) is 6.44. The normalized spacial score (nSPS) is 11.8. The van der Waals surface area contributed by atoms with Crippen LogP contribution in [-0.2, 0) is 6.54 Å². The van der Waals surface area contributed by atoms with E-state index in [-0.39, 0.29) is 6.04 Å². The first-order valence-corrected chi connectivity index (χ1v) is 6.44. The van der Waals surface area contributed by atoms with E-state index in [0.717, 1.165) is 5.56 Å². The lowest BCUT2D eigenvalue weighted by atomic mass is 10.1. The number of nitrogens with zero attached hydrogens (tertiary/aromatic N) is 1. The van der Waals surface area contributed by atoms with Gasteiger partial charge in [0, 0.05) is 6.54 Å². The number of benzene rings is 2. The predicted octanol–water partition coefficient (Wildman–Crippen LogP) is 3.66. The van der Waals surface area contributed by atoms with E-state index in [1.54, 1.807) is 0 Å². The maximum Gasteiger partial charge on any atom is 0.121 e. The van der Waals surface area contributed by atoms with Crippen LogP contribution in [0.4, 0.5) is 0 Å². The minimum absolute atomic E-state index is 0.262. The summed E-state index contributed by atoms with van der Waals surface area (Å²) in [6, 6.07) is 18.5. The largest absolute Gasteiger partial charge is 0.294 e. The molecule has 2 heteroatoms. The van der Waals surface area contributed by atoms with Crippen LogP contribution in [0.5, 0.6) is 0 Å². The van der Waals surface area contributed by atoms with Gasteiger partial charge in [-0.25, -0.2) is 0 Å². The molecule has 0 radical (unpaired) electrons. The fraction of sp³-hybridized carbons (Fsp3) is 0.235. The Labute approximate surface area is 114 Å². The van der Waals surface area contributed by atoms with Crippen LogP contribution in [0.3, 0.4) is 0 Å². The Kier molecular flexibility index (Phi) is 4.33. The average Bonchev–Trinajstić information content (AvgIpc) is 2.43. The number of hydrogen-bond acceptors (Lipinski definition) is 2. The van der Waals surface area contributed by atoms with Crippen LogP contribution >= 0.6 is 0 Å². The molecule has 96 valence electrons. The summed E-state index contributed by atoms with van der Waals surface area (Å²) in [5.74, 6) is 0.